The maximum Gasteiger partial charge on any atom is 0.404 e. The summed E-state index contributed by atoms with van der Waals surface area (Å²) in [5.74, 6) is 0.917. The molecule has 2 atom stereocenters. The maximum absolute atomic E-state index is 10.3. The van der Waals surface area contributed by atoms with Crippen LogP contribution in [0.15, 0.2) is 48.5 Å². The van der Waals surface area contributed by atoms with E-state index in [0.29, 0.717) is 12.6 Å². The summed E-state index contributed by atoms with van der Waals surface area (Å²) in [6.45, 7) is 5.29. The molecule has 2 heterocycles. The molecule has 4 rings (SSSR count). The van der Waals surface area contributed by atoms with Crippen LogP contribution in [-0.2, 0) is 6.54 Å². The van der Waals surface area contributed by atoms with Gasteiger partial charge in [0, 0.05) is 19.1 Å². The second kappa shape index (κ2) is 13.6. The van der Waals surface area contributed by atoms with Gasteiger partial charge in [0.25, 0.3) is 0 Å². The average molecular weight is 430 g/mol. The quantitative estimate of drug-likeness (QED) is 0.511. The Morgan fingerprint density at radius 2 is 1.81 bits per heavy atom. The lowest BCUT2D eigenvalue weighted by atomic mass is 10.0. The van der Waals surface area contributed by atoms with Gasteiger partial charge in [-0.2, -0.15) is 0 Å². The van der Waals surface area contributed by atoms with E-state index in [2.05, 4.69) is 35.0 Å². The third kappa shape index (κ3) is 9.83. The van der Waals surface area contributed by atoms with Crippen LogP contribution in [0.25, 0.3) is 0 Å². The number of methoxy groups -OCH3 is 1. The predicted octanol–water partition coefficient (Wildman–Crippen LogP) is 3.22. The van der Waals surface area contributed by atoms with E-state index in [1.54, 1.807) is 7.11 Å². The molecule has 7 nitrogen and oxygen atoms in total. The lowest BCUT2D eigenvalue weighted by Crippen LogP contribution is -2.20. The molecule has 0 saturated carbocycles. The van der Waals surface area contributed by atoms with Crippen molar-refractivity contribution < 1.29 is 19.7 Å². The molecule has 0 radical (unpaired) electrons. The monoisotopic (exact) mass is 429 g/mol. The number of carbonyl (C=O) groups is 1. The number of hydrogen-bond acceptors (Lipinski definition) is 5. The van der Waals surface area contributed by atoms with Crippen molar-refractivity contribution in [2.24, 2.45) is 0 Å². The minimum Gasteiger partial charge on any atom is -0.497 e. The summed E-state index contributed by atoms with van der Waals surface area (Å²) in [5.41, 5.74) is 3.54. The van der Waals surface area contributed by atoms with E-state index in [1.807, 2.05) is 36.4 Å². The highest BCUT2D eigenvalue weighted by molar-refractivity contribution is 5.64. The van der Waals surface area contributed by atoms with Gasteiger partial charge in [-0.15, -0.1) is 0 Å². The second-order valence-electron chi connectivity index (χ2n) is 7.71. The van der Waals surface area contributed by atoms with Crippen LogP contribution in [0.3, 0.4) is 0 Å². The molecule has 2 aromatic rings. The molecule has 5 N–H and O–H groups in total. The van der Waals surface area contributed by atoms with Gasteiger partial charge >= 0.3 is 6.09 Å². The largest absolute Gasteiger partial charge is 0.497 e. The number of ether oxygens (including phenoxy) is 1. The normalized spacial score (nSPS) is 19.5. The Morgan fingerprint density at radius 1 is 1.10 bits per heavy atom. The first-order valence-electron chi connectivity index (χ1n) is 10.8. The third-order valence-electron chi connectivity index (χ3n) is 5.18. The van der Waals surface area contributed by atoms with E-state index < -0.39 is 6.09 Å². The van der Waals surface area contributed by atoms with Crippen LogP contribution in [0.1, 0.15) is 42.0 Å². The summed E-state index contributed by atoms with van der Waals surface area (Å²) >= 11 is 0. The van der Waals surface area contributed by atoms with Gasteiger partial charge in [-0.3, -0.25) is 0 Å². The van der Waals surface area contributed by atoms with Crippen molar-refractivity contribution in [3.05, 3.63) is 65.2 Å². The fraction of sp³-hybridized carbons (Fsp3) is 0.458. The lowest BCUT2D eigenvalue weighted by molar-refractivity contribution is 0.194. The highest BCUT2D eigenvalue weighted by atomic mass is 16.5. The van der Waals surface area contributed by atoms with Crippen molar-refractivity contribution in [2.45, 2.75) is 44.9 Å². The van der Waals surface area contributed by atoms with Gasteiger partial charge in [-0.1, -0.05) is 42.0 Å². The van der Waals surface area contributed by atoms with E-state index in [-0.39, 0.29) is 6.10 Å². The number of β-amino-alcohol motifs (C(OH)–C–C–N with tert-alkyl or cyclic N) is 1. The van der Waals surface area contributed by atoms with Crippen molar-refractivity contribution in [3.8, 4) is 5.75 Å². The van der Waals surface area contributed by atoms with Crippen LogP contribution < -0.4 is 20.7 Å². The highest BCUT2D eigenvalue weighted by Gasteiger charge is 2.15. The molecule has 1 amide bonds. The van der Waals surface area contributed by atoms with E-state index in [0.717, 1.165) is 37.4 Å². The molecular formula is C24H35N3O4. The molecule has 170 valence electrons. The minimum atomic E-state index is -0.985. The third-order valence-corrected chi connectivity index (χ3v) is 5.18. The Hall–Kier alpha value is -2.61. The molecule has 2 unspecified atom stereocenters. The Kier molecular flexibility index (Phi) is 10.9. The number of amides is 1. The molecule has 0 aromatic heterocycles. The van der Waals surface area contributed by atoms with Gasteiger partial charge in [0.05, 0.1) is 13.2 Å². The number of carboxylic acid groups (broad SMARTS) is 1. The SMILES string of the molecule is COc1ccc(C)cc1.O=C(O)NCc1ccc(C2CCCN2)cc1.OC1CCNC1. The van der Waals surface area contributed by atoms with Crippen LogP contribution >= 0.6 is 0 Å². The van der Waals surface area contributed by atoms with Crippen LogP contribution in [-0.4, -0.2) is 49.2 Å². The molecule has 2 aliphatic heterocycles. The van der Waals surface area contributed by atoms with Gasteiger partial charge < -0.3 is 30.9 Å². The number of nitrogens with one attached hydrogen (secondary N) is 3. The number of aliphatic hydroxyl groups excluding tert-OH is 1. The van der Waals surface area contributed by atoms with Gasteiger partial charge in [0.2, 0.25) is 0 Å². The van der Waals surface area contributed by atoms with E-state index in [9.17, 15) is 4.79 Å². The smallest absolute Gasteiger partial charge is 0.404 e. The first-order valence-corrected chi connectivity index (χ1v) is 10.8. The fourth-order valence-corrected chi connectivity index (χ4v) is 3.33. The van der Waals surface area contributed by atoms with E-state index in [1.165, 1.54) is 24.0 Å². The van der Waals surface area contributed by atoms with Crippen molar-refractivity contribution in [3.63, 3.8) is 0 Å². The van der Waals surface area contributed by atoms with Crippen molar-refractivity contribution in [2.75, 3.05) is 26.7 Å². The van der Waals surface area contributed by atoms with Crippen molar-refractivity contribution >= 4 is 6.09 Å². The molecular weight excluding hydrogens is 394 g/mol. The molecule has 0 spiro atoms. The highest BCUT2D eigenvalue weighted by Crippen LogP contribution is 2.22. The summed E-state index contributed by atoms with van der Waals surface area (Å²) in [6, 6.07) is 16.5. The summed E-state index contributed by atoms with van der Waals surface area (Å²) in [4.78, 5) is 10.3. The fourth-order valence-electron chi connectivity index (χ4n) is 3.33. The molecule has 0 bridgehead atoms. The van der Waals surface area contributed by atoms with Crippen molar-refractivity contribution in [1.82, 2.24) is 16.0 Å². The Bertz CT molecular complexity index is 753. The summed E-state index contributed by atoms with van der Waals surface area (Å²) in [6.07, 6.45) is 2.30. The molecule has 31 heavy (non-hydrogen) atoms. The topological polar surface area (TPSA) is 103 Å². The molecule has 2 saturated heterocycles. The van der Waals surface area contributed by atoms with E-state index in [4.69, 9.17) is 14.9 Å². The van der Waals surface area contributed by atoms with E-state index >= 15 is 0 Å². The minimum absolute atomic E-state index is 0.0648. The van der Waals surface area contributed by atoms with Crippen molar-refractivity contribution in [1.29, 1.82) is 0 Å². The van der Waals surface area contributed by atoms with Gasteiger partial charge in [0.15, 0.2) is 0 Å². The zero-order valence-corrected chi connectivity index (χ0v) is 18.4. The number of aliphatic hydroxyl groups is 1. The molecule has 0 aliphatic carbocycles. The van der Waals surface area contributed by atoms with Crippen LogP contribution in [0.2, 0.25) is 0 Å². The zero-order chi connectivity index (χ0) is 22.5. The maximum atomic E-state index is 10.3. The average Bonchev–Trinajstić information content (AvgIpc) is 3.48. The van der Waals surface area contributed by atoms with Gasteiger partial charge in [-0.05, 0) is 62.5 Å². The molecule has 2 aliphatic rings. The van der Waals surface area contributed by atoms with Crippen LogP contribution in [0, 0.1) is 6.92 Å². The Morgan fingerprint density at radius 3 is 2.26 bits per heavy atom. The lowest BCUT2D eigenvalue weighted by Gasteiger charge is -2.11. The van der Waals surface area contributed by atoms with Crippen LogP contribution in [0.4, 0.5) is 4.79 Å². The Balaban J connectivity index is 0.000000190. The Labute approximate surface area is 184 Å². The molecule has 2 aromatic carbocycles. The second-order valence-corrected chi connectivity index (χ2v) is 7.71. The number of rotatable bonds is 4. The van der Waals surface area contributed by atoms with Gasteiger partial charge in [0.1, 0.15) is 5.75 Å². The van der Waals surface area contributed by atoms with Crippen LogP contribution in [0.5, 0.6) is 5.75 Å². The summed E-state index contributed by atoms with van der Waals surface area (Å²) in [5, 5.41) is 26.0. The summed E-state index contributed by atoms with van der Waals surface area (Å²) in [7, 11) is 1.67. The first kappa shape index (κ1) is 24.7. The number of aryl methyl sites for hydroxylation is 1. The van der Waals surface area contributed by atoms with Gasteiger partial charge in [-0.25, -0.2) is 4.79 Å². The molecule has 2 fully saturated rings. The summed E-state index contributed by atoms with van der Waals surface area (Å²) < 4.78 is 4.97. The number of hydrogen-bond donors (Lipinski definition) is 5. The zero-order valence-electron chi connectivity index (χ0n) is 18.4. The predicted molar refractivity (Wildman–Crippen MR) is 123 cm³/mol. The number of benzene rings is 2. The molecule has 7 heteroatoms. The standard InChI is InChI=1S/C12H16N2O2.C8H10O.C4H9NO/c15-12(16)14-8-9-3-5-10(6-4-9)11-2-1-7-13-11;1-7-3-5-8(9-2)6-4-7;6-4-1-2-5-3-4/h3-6,11,13-14H,1-2,7-8H2,(H,15,16);3-6H,1-2H3;4-6H,1-3H2. The first-order chi connectivity index (χ1) is 15.0.